The van der Waals surface area contributed by atoms with Gasteiger partial charge < -0.3 is 14.5 Å². The summed E-state index contributed by atoms with van der Waals surface area (Å²) in [6.45, 7) is 7.16. The molecule has 1 fully saturated rings. The van der Waals surface area contributed by atoms with Gasteiger partial charge in [0.05, 0.1) is 17.7 Å². The number of carbonyl (C=O) groups is 2. The van der Waals surface area contributed by atoms with E-state index in [1.165, 1.54) is 25.7 Å². The molecule has 0 N–H and O–H groups in total. The minimum Gasteiger partial charge on any atom is -0.496 e. The summed E-state index contributed by atoms with van der Waals surface area (Å²) in [4.78, 5) is 32.3. The molecule has 0 bridgehead atoms. The number of amides is 2. The first-order chi connectivity index (χ1) is 19.0. The number of halogens is 1. The van der Waals surface area contributed by atoms with E-state index in [1.807, 2.05) is 58.4 Å². The first-order valence-corrected chi connectivity index (χ1v) is 14.7. The van der Waals surface area contributed by atoms with E-state index in [9.17, 15) is 9.59 Å². The molecule has 0 radical (unpaired) electrons. The van der Waals surface area contributed by atoms with Crippen LogP contribution in [0.5, 0.6) is 5.75 Å². The molecule has 7 heteroatoms. The molecule has 0 saturated carbocycles. The van der Waals surface area contributed by atoms with E-state index < -0.39 is 0 Å². The van der Waals surface area contributed by atoms with Crippen molar-refractivity contribution in [2.24, 2.45) is 0 Å². The average molecular weight is 554 g/mol. The third-order valence-corrected chi connectivity index (χ3v) is 7.64. The van der Waals surface area contributed by atoms with Crippen LogP contribution >= 0.6 is 11.6 Å². The van der Waals surface area contributed by atoms with Crippen molar-refractivity contribution in [3.63, 3.8) is 0 Å². The van der Waals surface area contributed by atoms with Gasteiger partial charge in [0.2, 0.25) is 5.91 Å². The molecule has 0 aliphatic carbocycles. The summed E-state index contributed by atoms with van der Waals surface area (Å²) in [7, 11) is 1.65. The Morgan fingerprint density at radius 1 is 0.949 bits per heavy atom. The van der Waals surface area contributed by atoms with Gasteiger partial charge in [-0.2, -0.15) is 0 Å². The Kier molecular flexibility index (Phi) is 13.4. The number of methoxy groups -OCH3 is 1. The quantitative estimate of drug-likeness (QED) is 0.239. The van der Waals surface area contributed by atoms with Gasteiger partial charge in [0.25, 0.3) is 5.91 Å². The van der Waals surface area contributed by atoms with Gasteiger partial charge in [0, 0.05) is 57.8 Å². The molecule has 0 spiro atoms. The Bertz CT molecular complexity index is 1070. The second-order valence-corrected chi connectivity index (χ2v) is 10.5. The Morgan fingerprint density at radius 3 is 2.38 bits per heavy atom. The van der Waals surface area contributed by atoms with Crippen molar-refractivity contribution in [3.8, 4) is 5.75 Å². The first kappa shape index (κ1) is 30.7. The van der Waals surface area contributed by atoms with E-state index in [0.29, 0.717) is 30.1 Å². The number of unbranched alkanes of at least 4 members (excludes halogenated alkanes) is 5. The SMILES string of the molecule is CCCCCCCCC(=O)N1CCN(CCN(C/C=C/c2ccccc2OC)C(=O)c2ccccc2Cl)CC1. The van der Waals surface area contributed by atoms with Crippen molar-refractivity contribution < 1.29 is 14.3 Å². The maximum atomic E-state index is 13.4. The highest BCUT2D eigenvalue weighted by atomic mass is 35.5. The third-order valence-electron chi connectivity index (χ3n) is 7.31. The number of ether oxygens (including phenoxy) is 1. The van der Waals surface area contributed by atoms with Gasteiger partial charge >= 0.3 is 0 Å². The third kappa shape index (κ3) is 10.0. The molecule has 1 aliphatic rings. The summed E-state index contributed by atoms with van der Waals surface area (Å²) in [5.74, 6) is 0.988. The molecule has 0 atom stereocenters. The molecule has 1 heterocycles. The number of para-hydroxylation sites is 1. The van der Waals surface area contributed by atoms with Crippen LogP contribution in [0.4, 0.5) is 0 Å². The Morgan fingerprint density at radius 2 is 1.64 bits per heavy atom. The number of benzene rings is 2. The molecular formula is C32H44ClN3O3. The lowest BCUT2D eigenvalue weighted by Crippen LogP contribution is -2.50. The van der Waals surface area contributed by atoms with Gasteiger partial charge in [-0.3, -0.25) is 14.5 Å². The van der Waals surface area contributed by atoms with E-state index in [4.69, 9.17) is 16.3 Å². The number of piperazine rings is 1. The van der Waals surface area contributed by atoms with Crippen molar-refractivity contribution in [3.05, 3.63) is 70.8 Å². The summed E-state index contributed by atoms with van der Waals surface area (Å²) in [5, 5.41) is 0.457. The average Bonchev–Trinajstić information content (AvgIpc) is 2.97. The van der Waals surface area contributed by atoms with E-state index in [0.717, 1.165) is 56.9 Å². The van der Waals surface area contributed by atoms with Crippen molar-refractivity contribution in [2.45, 2.75) is 51.9 Å². The van der Waals surface area contributed by atoms with Crippen LogP contribution in [0.2, 0.25) is 5.02 Å². The first-order valence-electron chi connectivity index (χ1n) is 14.4. The fourth-order valence-corrected chi connectivity index (χ4v) is 5.11. The topological polar surface area (TPSA) is 53.1 Å². The summed E-state index contributed by atoms with van der Waals surface area (Å²) in [5.41, 5.74) is 1.47. The predicted octanol–water partition coefficient (Wildman–Crippen LogP) is 6.40. The Balaban J connectivity index is 1.52. The van der Waals surface area contributed by atoms with E-state index in [-0.39, 0.29) is 11.8 Å². The zero-order valence-corrected chi connectivity index (χ0v) is 24.4. The number of hydrogen-bond donors (Lipinski definition) is 0. The standard InChI is InChI=1S/C32H44ClN3O3/c1-3-4-5-6-7-8-19-31(37)35-24-21-34(22-25-35)23-26-36(32(38)28-16-10-11-17-29(28)33)20-13-15-27-14-9-12-18-30(27)39-2/h9-18H,3-8,19-26H2,1-2H3/b15-13+. The Labute approximate surface area is 239 Å². The van der Waals surface area contributed by atoms with Gasteiger partial charge in [-0.25, -0.2) is 0 Å². The van der Waals surface area contributed by atoms with Crippen molar-refractivity contribution in [2.75, 3.05) is 52.9 Å². The van der Waals surface area contributed by atoms with E-state index in [1.54, 1.807) is 19.2 Å². The lowest BCUT2D eigenvalue weighted by Gasteiger charge is -2.36. The van der Waals surface area contributed by atoms with Crippen LogP contribution in [-0.4, -0.2) is 79.4 Å². The lowest BCUT2D eigenvalue weighted by molar-refractivity contribution is -0.133. The molecule has 2 aromatic carbocycles. The summed E-state index contributed by atoms with van der Waals surface area (Å²) >= 11 is 6.37. The maximum absolute atomic E-state index is 13.4. The fraction of sp³-hybridized carbons (Fsp3) is 0.500. The van der Waals surface area contributed by atoms with Crippen molar-refractivity contribution in [1.29, 1.82) is 0 Å². The highest BCUT2D eigenvalue weighted by Gasteiger charge is 2.23. The minimum absolute atomic E-state index is 0.0852. The second kappa shape index (κ2) is 17.0. The molecule has 2 amide bonds. The minimum atomic E-state index is -0.0852. The van der Waals surface area contributed by atoms with Crippen LogP contribution in [-0.2, 0) is 4.79 Å². The molecule has 2 aromatic rings. The summed E-state index contributed by atoms with van der Waals surface area (Å²) in [6, 6.07) is 15.0. The largest absolute Gasteiger partial charge is 0.496 e. The molecule has 3 rings (SSSR count). The number of carbonyl (C=O) groups excluding carboxylic acids is 2. The van der Waals surface area contributed by atoms with Crippen LogP contribution in [0.3, 0.4) is 0 Å². The Hall–Kier alpha value is -2.83. The van der Waals surface area contributed by atoms with Gasteiger partial charge in [-0.1, -0.05) is 93.1 Å². The van der Waals surface area contributed by atoms with E-state index in [2.05, 4.69) is 11.8 Å². The highest BCUT2D eigenvalue weighted by molar-refractivity contribution is 6.33. The molecule has 0 aromatic heterocycles. The number of hydrogen-bond acceptors (Lipinski definition) is 4. The van der Waals surface area contributed by atoms with Gasteiger partial charge in [0.15, 0.2) is 0 Å². The van der Waals surface area contributed by atoms with Crippen LogP contribution in [0.15, 0.2) is 54.6 Å². The van der Waals surface area contributed by atoms with Crippen LogP contribution in [0.25, 0.3) is 6.08 Å². The predicted molar refractivity (Wildman–Crippen MR) is 160 cm³/mol. The van der Waals surface area contributed by atoms with Crippen molar-refractivity contribution in [1.82, 2.24) is 14.7 Å². The summed E-state index contributed by atoms with van der Waals surface area (Å²) < 4.78 is 5.45. The van der Waals surface area contributed by atoms with Crippen LogP contribution in [0.1, 0.15) is 67.8 Å². The highest BCUT2D eigenvalue weighted by Crippen LogP contribution is 2.20. The monoisotopic (exact) mass is 553 g/mol. The lowest BCUT2D eigenvalue weighted by atomic mass is 10.1. The van der Waals surface area contributed by atoms with Gasteiger partial charge in [-0.05, 0) is 24.6 Å². The summed E-state index contributed by atoms with van der Waals surface area (Å²) in [6.07, 6.45) is 11.8. The fourth-order valence-electron chi connectivity index (χ4n) is 4.89. The maximum Gasteiger partial charge on any atom is 0.255 e. The number of rotatable bonds is 15. The van der Waals surface area contributed by atoms with Crippen molar-refractivity contribution >= 4 is 29.5 Å². The molecule has 39 heavy (non-hydrogen) atoms. The van der Waals surface area contributed by atoms with Crippen LogP contribution in [0, 0.1) is 0 Å². The molecule has 212 valence electrons. The molecular weight excluding hydrogens is 510 g/mol. The molecule has 6 nitrogen and oxygen atoms in total. The zero-order valence-electron chi connectivity index (χ0n) is 23.6. The molecule has 1 saturated heterocycles. The van der Waals surface area contributed by atoms with Gasteiger partial charge in [0.1, 0.15) is 5.75 Å². The normalized spacial score (nSPS) is 14.1. The zero-order chi connectivity index (χ0) is 27.9. The smallest absolute Gasteiger partial charge is 0.255 e. The van der Waals surface area contributed by atoms with Crippen LogP contribution < -0.4 is 4.74 Å². The molecule has 0 unspecified atom stereocenters. The number of nitrogens with zero attached hydrogens (tertiary/aromatic N) is 3. The second-order valence-electron chi connectivity index (χ2n) is 10.1. The molecule has 1 aliphatic heterocycles. The van der Waals surface area contributed by atoms with Gasteiger partial charge in [-0.15, -0.1) is 0 Å². The van der Waals surface area contributed by atoms with E-state index >= 15 is 0 Å².